The first kappa shape index (κ1) is 22.8. The fourth-order valence-corrected chi connectivity index (χ4v) is 5.14. The van der Waals surface area contributed by atoms with Crippen LogP contribution in [-0.2, 0) is 15.9 Å². The number of halogens is 2. The van der Waals surface area contributed by atoms with Crippen LogP contribution in [0.5, 0.6) is 0 Å². The summed E-state index contributed by atoms with van der Waals surface area (Å²) < 4.78 is 19.3. The first-order valence-electron chi connectivity index (χ1n) is 11.5. The Kier molecular flexibility index (Phi) is 6.04. The number of likely N-dealkylation sites (tertiary alicyclic amines) is 1. The molecule has 2 heterocycles. The number of piperidine rings is 1. The van der Waals surface area contributed by atoms with Crippen molar-refractivity contribution in [3.05, 3.63) is 94.5 Å². The van der Waals surface area contributed by atoms with Gasteiger partial charge in [0.2, 0.25) is 0 Å². The van der Waals surface area contributed by atoms with Crippen molar-refractivity contribution >= 4 is 23.2 Å². The zero-order chi connectivity index (χ0) is 23.8. The van der Waals surface area contributed by atoms with Gasteiger partial charge in [-0.2, -0.15) is 0 Å². The van der Waals surface area contributed by atoms with Gasteiger partial charge < -0.3 is 15.0 Å². The first-order chi connectivity index (χ1) is 16.5. The molecule has 1 saturated carbocycles. The van der Waals surface area contributed by atoms with Crippen molar-refractivity contribution in [2.45, 2.75) is 36.8 Å². The predicted molar refractivity (Wildman–Crippen MR) is 130 cm³/mol. The molecule has 5 nitrogen and oxygen atoms in total. The molecule has 2 aliphatic rings. The Hall–Kier alpha value is -2.96. The molecular weight excluding hydrogens is 453 g/mol. The maximum absolute atomic E-state index is 13.6. The number of benzene rings is 2. The van der Waals surface area contributed by atoms with Crippen molar-refractivity contribution in [2.24, 2.45) is 0 Å². The summed E-state index contributed by atoms with van der Waals surface area (Å²) in [6.45, 7) is 1.03. The second-order valence-corrected chi connectivity index (χ2v) is 9.52. The van der Waals surface area contributed by atoms with Gasteiger partial charge in [-0.3, -0.25) is 9.78 Å². The highest BCUT2D eigenvalue weighted by molar-refractivity contribution is 6.34. The lowest BCUT2D eigenvalue weighted by atomic mass is 9.84. The molecule has 0 spiro atoms. The number of hydrogen-bond acceptors (Lipinski definition) is 4. The third kappa shape index (κ3) is 4.17. The fourth-order valence-electron chi connectivity index (χ4n) is 4.94. The second kappa shape index (κ2) is 9.01. The van der Waals surface area contributed by atoms with Gasteiger partial charge in [0.15, 0.2) is 0 Å². The highest BCUT2D eigenvalue weighted by Crippen LogP contribution is 2.49. The Morgan fingerprint density at radius 2 is 1.68 bits per heavy atom. The van der Waals surface area contributed by atoms with Crippen molar-refractivity contribution in [1.82, 2.24) is 9.88 Å². The van der Waals surface area contributed by atoms with Crippen LogP contribution in [0, 0.1) is 5.82 Å². The summed E-state index contributed by atoms with van der Waals surface area (Å²) in [5.41, 5.74) is 2.46. The smallest absolute Gasteiger partial charge is 0.257 e. The van der Waals surface area contributed by atoms with Gasteiger partial charge in [0.1, 0.15) is 5.82 Å². The SMILES string of the molecule is COC1(c2ccc(F)cc2)CCN(C(=O)c2cncc(Cl)c2NC2(c3ccccc3)CC2)CC1. The number of carbonyl (C=O) groups excluding carboxylic acids is 1. The molecule has 34 heavy (non-hydrogen) atoms. The van der Waals surface area contributed by atoms with Gasteiger partial charge in [0.25, 0.3) is 5.91 Å². The number of pyridine rings is 1. The number of anilines is 1. The average molecular weight is 480 g/mol. The van der Waals surface area contributed by atoms with E-state index in [0.717, 1.165) is 18.4 Å². The lowest BCUT2D eigenvalue weighted by Gasteiger charge is -2.41. The third-order valence-corrected chi connectivity index (χ3v) is 7.48. The number of aromatic nitrogens is 1. The summed E-state index contributed by atoms with van der Waals surface area (Å²) >= 11 is 6.55. The van der Waals surface area contributed by atoms with Crippen LogP contribution in [0.3, 0.4) is 0 Å². The first-order valence-corrected chi connectivity index (χ1v) is 11.9. The molecule has 2 aromatic carbocycles. The molecular formula is C27H27ClFN3O2. The number of carbonyl (C=O) groups is 1. The summed E-state index contributed by atoms with van der Waals surface area (Å²) in [6, 6.07) is 16.7. The molecule has 0 atom stereocenters. The van der Waals surface area contributed by atoms with Crippen molar-refractivity contribution in [2.75, 3.05) is 25.5 Å². The number of hydrogen-bond donors (Lipinski definition) is 1. The quantitative estimate of drug-likeness (QED) is 0.489. The monoisotopic (exact) mass is 479 g/mol. The predicted octanol–water partition coefficient (Wildman–Crippen LogP) is 5.75. The van der Waals surface area contributed by atoms with Crippen molar-refractivity contribution < 1.29 is 13.9 Å². The van der Waals surface area contributed by atoms with Crippen LogP contribution in [0.25, 0.3) is 0 Å². The van der Waals surface area contributed by atoms with Crippen LogP contribution in [0.2, 0.25) is 5.02 Å². The maximum atomic E-state index is 13.6. The van der Waals surface area contributed by atoms with Crippen molar-refractivity contribution in [3.8, 4) is 0 Å². The topological polar surface area (TPSA) is 54.5 Å². The Balaban J connectivity index is 1.36. The van der Waals surface area contributed by atoms with Gasteiger partial charge in [-0.05, 0) is 48.9 Å². The van der Waals surface area contributed by atoms with E-state index in [1.54, 1.807) is 31.6 Å². The Bertz CT molecular complexity index is 1170. The molecule has 5 rings (SSSR count). The van der Waals surface area contributed by atoms with E-state index in [4.69, 9.17) is 16.3 Å². The fraction of sp³-hybridized carbons (Fsp3) is 0.333. The summed E-state index contributed by atoms with van der Waals surface area (Å²) in [4.78, 5) is 19.6. The van der Waals surface area contributed by atoms with Crippen LogP contribution >= 0.6 is 11.6 Å². The van der Waals surface area contributed by atoms with E-state index >= 15 is 0 Å². The summed E-state index contributed by atoms with van der Waals surface area (Å²) in [5, 5.41) is 4.01. The molecule has 2 fully saturated rings. The number of nitrogens with one attached hydrogen (secondary N) is 1. The summed E-state index contributed by atoms with van der Waals surface area (Å²) in [6.07, 6.45) is 6.34. The Labute approximate surface area is 203 Å². The van der Waals surface area contributed by atoms with Gasteiger partial charge in [0.05, 0.1) is 27.4 Å². The van der Waals surface area contributed by atoms with Crippen molar-refractivity contribution in [1.29, 1.82) is 0 Å². The van der Waals surface area contributed by atoms with Gasteiger partial charge in [-0.15, -0.1) is 0 Å². The highest BCUT2D eigenvalue weighted by atomic mass is 35.5. The number of rotatable bonds is 6. The third-order valence-electron chi connectivity index (χ3n) is 7.19. The lowest BCUT2D eigenvalue weighted by Crippen LogP contribution is -2.46. The molecule has 0 unspecified atom stereocenters. The standard InChI is InChI=1S/C27H27ClFN3O2/c1-34-27(20-7-9-21(29)10-8-20)13-15-32(16-14-27)25(33)22-17-30-18-23(28)24(22)31-26(11-12-26)19-5-3-2-4-6-19/h2-10,17-18H,11-16H2,1H3,(H,30,31). The van der Waals surface area contributed by atoms with Crippen LogP contribution in [0.4, 0.5) is 10.1 Å². The van der Waals surface area contributed by atoms with Crippen molar-refractivity contribution in [3.63, 3.8) is 0 Å². The van der Waals surface area contributed by atoms with E-state index in [1.807, 2.05) is 23.1 Å². The minimum Gasteiger partial charge on any atom is -0.374 e. The van der Waals surface area contributed by atoms with E-state index in [2.05, 4.69) is 22.4 Å². The molecule has 0 bridgehead atoms. The number of ether oxygens (including phenoxy) is 1. The van der Waals surface area contributed by atoms with Gasteiger partial charge >= 0.3 is 0 Å². The zero-order valence-electron chi connectivity index (χ0n) is 19.1. The molecule has 176 valence electrons. The molecule has 1 aliphatic heterocycles. The second-order valence-electron chi connectivity index (χ2n) is 9.11. The van der Waals surface area contributed by atoms with E-state index in [1.165, 1.54) is 17.7 Å². The van der Waals surface area contributed by atoms with Gasteiger partial charge in [0, 0.05) is 32.6 Å². The number of methoxy groups -OCH3 is 1. The van der Waals surface area contributed by atoms with E-state index in [9.17, 15) is 9.18 Å². The van der Waals surface area contributed by atoms with Crippen LogP contribution in [0.1, 0.15) is 47.2 Å². The van der Waals surface area contributed by atoms with Crippen LogP contribution in [0.15, 0.2) is 67.0 Å². The molecule has 0 radical (unpaired) electrons. The molecule has 1 amide bonds. The average Bonchev–Trinajstić information content (AvgIpc) is 3.67. The highest BCUT2D eigenvalue weighted by Gasteiger charge is 2.45. The van der Waals surface area contributed by atoms with Crippen LogP contribution in [-0.4, -0.2) is 36.0 Å². The number of nitrogens with zero attached hydrogens (tertiary/aromatic N) is 2. The van der Waals surface area contributed by atoms with Gasteiger partial charge in [-0.25, -0.2) is 4.39 Å². The summed E-state index contributed by atoms with van der Waals surface area (Å²) in [5.74, 6) is -0.384. The largest absolute Gasteiger partial charge is 0.374 e. The minimum atomic E-state index is -0.538. The van der Waals surface area contributed by atoms with E-state index in [0.29, 0.717) is 42.2 Å². The molecule has 7 heteroatoms. The molecule has 3 aromatic rings. The molecule has 1 aromatic heterocycles. The normalized spacial score (nSPS) is 18.4. The molecule has 1 saturated heterocycles. The summed E-state index contributed by atoms with van der Waals surface area (Å²) in [7, 11) is 1.67. The Morgan fingerprint density at radius 1 is 1.00 bits per heavy atom. The lowest BCUT2D eigenvalue weighted by molar-refractivity contribution is -0.0575. The maximum Gasteiger partial charge on any atom is 0.257 e. The van der Waals surface area contributed by atoms with Crippen LogP contribution < -0.4 is 5.32 Å². The van der Waals surface area contributed by atoms with Gasteiger partial charge in [-0.1, -0.05) is 54.1 Å². The number of amides is 1. The minimum absolute atomic E-state index is 0.106. The zero-order valence-corrected chi connectivity index (χ0v) is 19.8. The Morgan fingerprint density at radius 3 is 2.29 bits per heavy atom. The van der Waals surface area contributed by atoms with E-state index in [-0.39, 0.29) is 17.3 Å². The molecule has 1 N–H and O–H groups in total. The van der Waals surface area contributed by atoms with E-state index < -0.39 is 5.60 Å². The molecule has 1 aliphatic carbocycles.